The molecule has 0 bridgehead atoms. The average molecular weight is 397 g/mol. The maximum Gasteiger partial charge on any atom is 0.360 e. The van der Waals surface area contributed by atoms with Gasteiger partial charge in [-0.05, 0) is 65.0 Å². The summed E-state index contributed by atoms with van der Waals surface area (Å²) in [5.74, 6) is -0.0810. The van der Waals surface area contributed by atoms with Crippen LogP contribution in [-0.4, -0.2) is 38.5 Å². The Hall–Kier alpha value is -2.67. The number of ether oxygens (including phenoxy) is 2. The largest absolute Gasteiger partial charge is 0.455 e. The number of hydrogen-bond acceptors (Lipinski definition) is 6. The summed E-state index contributed by atoms with van der Waals surface area (Å²) in [7, 11) is 0. The molecule has 1 aliphatic rings. The number of carbonyl (C=O) groups excluding carboxylic acids is 1. The number of carbonyl (C=O) groups is 1. The van der Waals surface area contributed by atoms with Crippen LogP contribution in [0.3, 0.4) is 0 Å². The Bertz CT molecular complexity index is 1030. The smallest absolute Gasteiger partial charge is 0.360 e. The summed E-state index contributed by atoms with van der Waals surface area (Å²) in [4.78, 5) is 12.9. The molecular weight excluding hydrogens is 370 g/mol. The number of esters is 1. The maximum absolute atomic E-state index is 12.9. The van der Waals surface area contributed by atoms with Crippen molar-refractivity contribution in [1.82, 2.24) is 14.8 Å². The molecule has 0 spiro atoms. The molecule has 3 aromatic heterocycles. The monoisotopic (exact) mass is 397 g/mol. The molecule has 0 saturated carbocycles. The van der Waals surface area contributed by atoms with Crippen molar-refractivity contribution >= 4 is 11.5 Å². The molecule has 1 saturated heterocycles. The summed E-state index contributed by atoms with van der Waals surface area (Å²) in [6.45, 7) is 10.5. The second kappa shape index (κ2) is 6.99. The van der Waals surface area contributed by atoms with E-state index in [9.17, 15) is 4.79 Å². The lowest BCUT2D eigenvalue weighted by atomic mass is 9.84. The first-order valence-corrected chi connectivity index (χ1v) is 9.92. The van der Waals surface area contributed by atoms with Crippen LogP contribution in [0.25, 0.3) is 16.6 Å². The van der Waals surface area contributed by atoms with Gasteiger partial charge >= 0.3 is 5.97 Å². The fourth-order valence-electron chi connectivity index (χ4n) is 3.91. The van der Waals surface area contributed by atoms with Gasteiger partial charge in [-0.2, -0.15) is 5.10 Å². The van der Waals surface area contributed by atoms with E-state index in [2.05, 4.69) is 30.2 Å². The van der Waals surface area contributed by atoms with Crippen molar-refractivity contribution in [2.45, 2.75) is 64.6 Å². The van der Waals surface area contributed by atoms with E-state index >= 15 is 0 Å². The lowest BCUT2D eigenvalue weighted by Crippen LogP contribution is -2.33. The standard InChI is InChI=1S/C22H27N3O4/c1-21(2,3)29-20(26)19-18(16-11-23-28-13-16)17-7-6-15(12-25(17)24-19)14-8-9-27-22(4,5)10-14/h6-7,11-14H,8-10H2,1-5H3. The highest BCUT2D eigenvalue weighted by Gasteiger charge is 2.31. The predicted molar refractivity (Wildman–Crippen MR) is 108 cm³/mol. The van der Waals surface area contributed by atoms with Crippen LogP contribution in [-0.2, 0) is 9.47 Å². The van der Waals surface area contributed by atoms with Gasteiger partial charge in [0.15, 0.2) is 5.69 Å². The molecule has 1 aliphatic heterocycles. The summed E-state index contributed by atoms with van der Waals surface area (Å²) in [6, 6.07) is 4.11. The van der Waals surface area contributed by atoms with Crippen molar-refractivity contribution in [2.24, 2.45) is 0 Å². The molecule has 1 fully saturated rings. The highest BCUT2D eigenvalue weighted by atomic mass is 16.6. The molecule has 1 unspecified atom stereocenters. The molecule has 0 amide bonds. The van der Waals surface area contributed by atoms with Gasteiger partial charge in [-0.15, -0.1) is 0 Å². The Balaban J connectivity index is 1.79. The average Bonchev–Trinajstić information content (AvgIpc) is 3.25. The van der Waals surface area contributed by atoms with E-state index in [1.54, 1.807) is 10.7 Å². The zero-order valence-corrected chi connectivity index (χ0v) is 17.6. The van der Waals surface area contributed by atoms with Crippen LogP contribution in [0.1, 0.15) is 69.4 Å². The van der Waals surface area contributed by atoms with E-state index in [1.807, 2.05) is 33.0 Å². The minimum atomic E-state index is -0.613. The normalized spacial score (nSPS) is 19.4. The van der Waals surface area contributed by atoms with Crippen LogP contribution < -0.4 is 0 Å². The third-order valence-electron chi connectivity index (χ3n) is 5.13. The van der Waals surface area contributed by atoms with Crippen LogP contribution in [0, 0.1) is 0 Å². The molecule has 0 N–H and O–H groups in total. The first kappa shape index (κ1) is 19.6. The van der Waals surface area contributed by atoms with Crippen molar-refractivity contribution < 1.29 is 18.8 Å². The maximum atomic E-state index is 12.9. The van der Waals surface area contributed by atoms with Crippen LogP contribution in [0.15, 0.2) is 35.3 Å². The molecule has 1 atom stereocenters. The molecule has 7 nitrogen and oxygen atoms in total. The van der Waals surface area contributed by atoms with Crippen LogP contribution in [0.4, 0.5) is 0 Å². The van der Waals surface area contributed by atoms with Crippen molar-refractivity contribution in [3.05, 3.63) is 42.0 Å². The summed E-state index contributed by atoms with van der Waals surface area (Å²) >= 11 is 0. The molecular formula is C22H27N3O4. The van der Waals surface area contributed by atoms with Gasteiger partial charge in [0.2, 0.25) is 0 Å². The van der Waals surface area contributed by atoms with Gasteiger partial charge in [0.1, 0.15) is 11.9 Å². The fourth-order valence-corrected chi connectivity index (χ4v) is 3.91. The minimum absolute atomic E-state index is 0.142. The second-order valence-electron chi connectivity index (χ2n) is 9.23. The molecule has 154 valence electrons. The molecule has 4 rings (SSSR count). The van der Waals surface area contributed by atoms with Crippen molar-refractivity contribution in [3.63, 3.8) is 0 Å². The first-order chi connectivity index (χ1) is 13.6. The van der Waals surface area contributed by atoms with E-state index in [4.69, 9.17) is 14.0 Å². The fraction of sp³-hybridized carbons (Fsp3) is 0.500. The third-order valence-corrected chi connectivity index (χ3v) is 5.13. The lowest BCUT2D eigenvalue weighted by Gasteiger charge is -2.35. The topological polar surface area (TPSA) is 78.9 Å². The highest BCUT2D eigenvalue weighted by Crippen LogP contribution is 2.37. The molecule has 0 radical (unpaired) electrons. The van der Waals surface area contributed by atoms with Crippen molar-refractivity contribution in [2.75, 3.05) is 6.61 Å². The Labute approximate surface area is 170 Å². The molecule has 7 heteroatoms. The summed E-state index contributed by atoms with van der Waals surface area (Å²) < 4.78 is 18.2. The first-order valence-electron chi connectivity index (χ1n) is 9.92. The summed E-state index contributed by atoms with van der Waals surface area (Å²) in [5.41, 5.74) is 2.86. The van der Waals surface area contributed by atoms with Gasteiger partial charge < -0.3 is 14.0 Å². The number of rotatable bonds is 3. The van der Waals surface area contributed by atoms with Crippen molar-refractivity contribution in [1.29, 1.82) is 0 Å². The van der Waals surface area contributed by atoms with Gasteiger partial charge in [0.25, 0.3) is 0 Å². The zero-order chi connectivity index (χ0) is 20.8. The quantitative estimate of drug-likeness (QED) is 0.600. The number of aromatic nitrogens is 3. The minimum Gasteiger partial charge on any atom is -0.455 e. The van der Waals surface area contributed by atoms with Crippen LogP contribution >= 0.6 is 0 Å². The molecule has 3 aromatic rings. The molecule has 29 heavy (non-hydrogen) atoms. The predicted octanol–water partition coefficient (Wildman–Crippen LogP) is 4.62. The number of pyridine rings is 1. The van der Waals surface area contributed by atoms with E-state index in [-0.39, 0.29) is 11.3 Å². The zero-order valence-electron chi connectivity index (χ0n) is 17.6. The SMILES string of the molecule is CC(C)(C)OC(=O)c1nn2cc(C3CCOC(C)(C)C3)ccc2c1-c1cnoc1. The van der Waals surface area contributed by atoms with E-state index in [0.717, 1.165) is 25.0 Å². The van der Waals surface area contributed by atoms with E-state index < -0.39 is 11.6 Å². The van der Waals surface area contributed by atoms with Gasteiger partial charge in [-0.1, -0.05) is 11.2 Å². The number of hydrogen-bond donors (Lipinski definition) is 0. The third kappa shape index (κ3) is 4.05. The van der Waals surface area contributed by atoms with E-state index in [0.29, 0.717) is 17.0 Å². The Kier molecular flexibility index (Phi) is 4.73. The van der Waals surface area contributed by atoms with Gasteiger partial charge in [-0.25, -0.2) is 9.31 Å². The van der Waals surface area contributed by atoms with Gasteiger partial charge in [0, 0.05) is 23.9 Å². The summed E-state index contributed by atoms with van der Waals surface area (Å²) in [6.07, 6.45) is 7.01. The Morgan fingerprint density at radius 1 is 1.31 bits per heavy atom. The molecule has 4 heterocycles. The van der Waals surface area contributed by atoms with Gasteiger partial charge in [0.05, 0.1) is 17.3 Å². The van der Waals surface area contributed by atoms with Gasteiger partial charge in [-0.3, -0.25) is 0 Å². The summed E-state index contributed by atoms with van der Waals surface area (Å²) in [5, 5.41) is 8.37. The van der Waals surface area contributed by atoms with Crippen LogP contribution in [0.2, 0.25) is 0 Å². The molecule has 0 aliphatic carbocycles. The van der Waals surface area contributed by atoms with Crippen LogP contribution in [0.5, 0.6) is 0 Å². The Morgan fingerprint density at radius 3 is 2.76 bits per heavy atom. The number of fused-ring (bicyclic) bond motifs is 1. The highest BCUT2D eigenvalue weighted by molar-refractivity contribution is 6.00. The lowest BCUT2D eigenvalue weighted by molar-refractivity contribution is -0.0593. The van der Waals surface area contributed by atoms with Crippen molar-refractivity contribution in [3.8, 4) is 11.1 Å². The second-order valence-corrected chi connectivity index (χ2v) is 9.23. The number of nitrogens with zero attached hydrogens (tertiary/aromatic N) is 3. The van der Waals surface area contributed by atoms with E-state index in [1.165, 1.54) is 11.8 Å². The Morgan fingerprint density at radius 2 is 2.10 bits per heavy atom. The molecule has 0 aromatic carbocycles.